The Labute approximate surface area is 103 Å². The van der Waals surface area contributed by atoms with Crippen LogP contribution in [0.25, 0.3) is 11.0 Å². The van der Waals surface area contributed by atoms with E-state index in [1.807, 2.05) is 6.92 Å². The predicted octanol–water partition coefficient (Wildman–Crippen LogP) is 3.76. The van der Waals surface area contributed by atoms with Crippen LogP contribution < -0.4 is 5.73 Å². The molecule has 17 heavy (non-hydrogen) atoms. The summed E-state index contributed by atoms with van der Waals surface area (Å²) in [5.74, 6) is 1.03. The molecule has 2 heteroatoms. The first kappa shape index (κ1) is 12.2. The van der Waals surface area contributed by atoms with Gasteiger partial charge in [0.15, 0.2) is 0 Å². The summed E-state index contributed by atoms with van der Waals surface area (Å²) in [6.07, 6.45) is 0.922. The molecule has 0 amide bonds. The van der Waals surface area contributed by atoms with Crippen LogP contribution in [0.2, 0.25) is 0 Å². The van der Waals surface area contributed by atoms with Crippen molar-refractivity contribution < 1.29 is 4.42 Å². The Morgan fingerprint density at radius 2 is 2.06 bits per heavy atom. The van der Waals surface area contributed by atoms with Crippen LogP contribution in [0.5, 0.6) is 0 Å². The zero-order valence-corrected chi connectivity index (χ0v) is 11.1. The summed E-state index contributed by atoms with van der Waals surface area (Å²) in [6.45, 7) is 8.48. The fourth-order valence-corrected chi connectivity index (χ4v) is 2.45. The Balaban J connectivity index is 2.46. The standard InChI is InChI=1S/C15H21NO/c1-10-6-5-7-12-8-13(17-14(10)12)15(3,4)9-11(2)16/h5-8,11H,9,16H2,1-4H3. The summed E-state index contributed by atoms with van der Waals surface area (Å²) in [4.78, 5) is 0. The number of rotatable bonds is 3. The maximum absolute atomic E-state index is 6.01. The van der Waals surface area contributed by atoms with Gasteiger partial charge in [0.25, 0.3) is 0 Å². The Kier molecular flexibility index (Phi) is 3.00. The zero-order chi connectivity index (χ0) is 12.6. The van der Waals surface area contributed by atoms with E-state index >= 15 is 0 Å². The molecule has 1 unspecified atom stereocenters. The fraction of sp³-hybridized carbons (Fsp3) is 0.467. The molecular formula is C15H21NO. The second-order valence-electron chi connectivity index (χ2n) is 5.67. The largest absolute Gasteiger partial charge is 0.460 e. The van der Waals surface area contributed by atoms with Crippen LogP contribution in [0.4, 0.5) is 0 Å². The summed E-state index contributed by atoms with van der Waals surface area (Å²) in [7, 11) is 0. The van der Waals surface area contributed by atoms with Crippen molar-refractivity contribution in [3.63, 3.8) is 0 Å². The molecule has 0 bridgehead atoms. The third-order valence-electron chi connectivity index (χ3n) is 3.24. The minimum absolute atomic E-state index is 0.0143. The van der Waals surface area contributed by atoms with E-state index in [4.69, 9.17) is 10.2 Å². The molecule has 1 aromatic heterocycles. The van der Waals surface area contributed by atoms with E-state index in [0.29, 0.717) is 0 Å². The Bertz CT molecular complexity index is 523. The van der Waals surface area contributed by atoms with E-state index in [-0.39, 0.29) is 11.5 Å². The second kappa shape index (κ2) is 4.19. The minimum atomic E-state index is -0.0143. The summed E-state index contributed by atoms with van der Waals surface area (Å²) < 4.78 is 6.01. The molecule has 2 aromatic rings. The van der Waals surface area contributed by atoms with Gasteiger partial charge in [0.1, 0.15) is 11.3 Å². The average molecular weight is 231 g/mol. The molecule has 0 spiro atoms. The van der Waals surface area contributed by atoms with Crippen LogP contribution in [0.3, 0.4) is 0 Å². The van der Waals surface area contributed by atoms with E-state index in [9.17, 15) is 0 Å². The SMILES string of the molecule is Cc1cccc2cc(C(C)(C)CC(C)N)oc12. The Hall–Kier alpha value is -1.28. The van der Waals surface area contributed by atoms with Crippen molar-refractivity contribution in [3.05, 3.63) is 35.6 Å². The van der Waals surface area contributed by atoms with Crippen molar-refractivity contribution in [3.8, 4) is 0 Å². The van der Waals surface area contributed by atoms with Crippen LogP contribution in [0.1, 0.15) is 38.5 Å². The first-order valence-corrected chi connectivity index (χ1v) is 6.15. The van der Waals surface area contributed by atoms with Crippen molar-refractivity contribution >= 4 is 11.0 Å². The summed E-state index contributed by atoms with van der Waals surface area (Å²) in [5, 5.41) is 1.18. The topological polar surface area (TPSA) is 39.2 Å². The van der Waals surface area contributed by atoms with Gasteiger partial charge in [-0.3, -0.25) is 0 Å². The van der Waals surface area contributed by atoms with E-state index < -0.39 is 0 Å². The molecule has 1 aromatic carbocycles. The highest BCUT2D eigenvalue weighted by molar-refractivity contribution is 5.81. The van der Waals surface area contributed by atoms with Gasteiger partial charge in [0.05, 0.1) is 0 Å². The van der Waals surface area contributed by atoms with Gasteiger partial charge in [0.2, 0.25) is 0 Å². The van der Waals surface area contributed by atoms with Gasteiger partial charge in [-0.05, 0) is 31.9 Å². The van der Waals surface area contributed by atoms with Crippen LogP contribution in [0.15, 0.2) is 28.7 Å². The maximum Gasteiger partial charge on any atom is 0.137 e. The van der Waals surface area contributed by atoms with E-state index in [0.717, 1.165) is 17.8 Å². The highest BCUT2D eigenvalue weighted by atomic mass is 16.3. The number of aryl methyl sites for hydroxylation is 1. The Morgan fingerprint density at radius 1 is 1.35 bits per heavy atom. The first-order chi connectivity index (χ1) is 7.90. The highest BCUT2D eigenvalue weighted by Gasteiger charge is 2.26. The third-order valence-corrected chi connectivity index (χ3v) is 3.24. The number of nitrogens with two attached hydrogens (primary N) is 1. The molecule has 2 nitrogen and oxygen atoms in total. The highest BCUT2D eigenvalue weighted by Crippen LogP contribution is 2.33. The lowest BCUT2D eigenvalue weighted by molar-refractivity contribution is 0.357. The molecular weight excluding hydrogens is 210 g/mol. The molecule has 0 saturated carbocycles. The smallest absolute Gasteiger partial charge is 0.137 e. The number of hydrogen-bond acceptors (Lipinski definition) is 2. The van der Waals surface area contributed by atoms with Crippen LogP contribution in [-0.2, 0) is 5.41 Å². The fourth-order valence-electron chi connectivity index (χ4n) is 2.45. The number of fused-ring (bicyclic) bond motifs is 1. The molecule has 0 aliphatic rings. The van der Waals surface area contributed by atoms with Crippen molar-refractivity contribution in [1.29, 1.82) is 0 Å². The number of benzene rings is 1. The second-order valence-corrected chi connectivity index (χ2v) is 5.67. The van der Waals surface area contributed by atoms with Crippen molar-refractivity contribution in [1.82, 2.24) is 0 Å². The monoisotopic (exact) mass is 231 g/mol. The molecule has 0 fully saturated rings. The minimum Gasteiger partial charge on any atom is -0.460 e. The quantitative estimate of drug-likeness (QED) is 0.873. The Morgan fingerprint density at radius 3 is 2.65 bits per heavy atom. The van der Waals surface area contributed by atoms with Gasteiger partial charge in [-0.1, -0.05) is 32.0 Å². The maximum atomic E-state index is 6.01. The van der Waals surface area contributed by atoms with Crippen molar-refractivity contribution in [2.45, 2.75) is 45.6 Å². The molecule has 2 N–H and O–H groups in total. The first-order valence-electron chi connectivity index (χ1n) is 6.15. The normalized spacial score (nSPS) is 14.2. The van der Waals surface area contributed by atoms with E-state index in [1.54, 1.807) is 0 Å². The van der Waals surface area contributed by atoms with E-state index in [2.05, 4.69) is 45.0 Å². The van der Waals surface area contributed by atoms with Crippen molar-refractivity contribution in [2.75, 3.05) is 0 Å². The number of para-hydroxylation sites is 1. The zero-order valence-electron chi connectivity index (χ0n) is 11.1. The molecule has 92 valence electrons. The molecule has 0 saturated heterocycles. The van der Waals surface area contributed by atoms with Gasteiger partial charge in [-0.2, -0.15) is 0 Å². The van der Waals surface area contributed by atoms with Crippen LogP contribution in [-0.4, -0.2) is 6.04 Å². The summed E-state index contributed by atoms with van der Waals surface area (Å²) in [6, 6.07) is 8.56. The van der Waals surface area contributed by atoms with Gasteiger partial charge in [-0.25, -0.2) is 0 Å². The molecule has 0 aliphatic carbocycles. The van der Waals surface area contributed by atoms with Gasteiger partial charge >= 0.3 is 0 Å². The average Bonchev–Trinajstić information content (AvgIpc) is 2.61. The lowest BCUT2D eigenvalue weighted by Gasteiger charge is -2.23. The van der Waals surface area contributed by atoms with E-state index in [1.165, 1.54) is 10.9 Å². The third kappa shape index (κ3) is 2.37. The number of furan rings is 1. The molecule has 1 heterocycles. The summed E-state index contributed by atoms with van der Waals surface area (Å²) >= 11 is 0. The van der Waals surface area contributed by atoms with Gasteiger partial charge in [0, 0.05) is 16.8 Å². The van der Waals surface area contributed by atoms with Gasteiger partial charge < -0.3 is 10.2 Å². The summed E-state index contributed by atoms with van der Waals surface area (Å²) in [5.41, 5.74) is 8.07. The molecule has 0 radical (unpaired) electrons. The molecule has 0 aliphatic heterocycles. The predicted molar refractivity (Wildman–Crippen MR) is 72.2 cm³/mol. The van der Waals surface area contributed by atoms with Crippen LogP contribution in [0, 0.1) is 6.92 Å². The van der Waals surface area contributed by atoms with Crippen molar-refractivity contribution in [2.24, 2.45) is 5.73 Å². The lowest BCUT2D eigenvalue weighted by atomic mass is 9.84. The van der Waals surface area contributed by atoms with Crippen LogP contribution >= 0.6 is 0 Å². The number of hydrogen-bond donors (Lipinski definition) is 1. The molecule has 2 rings (SSSR count). The lowest BCUT2D eigenvalue weighted by Crippen LogP contribution is -2.27. The van der Waals surface area contributed by atoms with Gasteiger partial charge in [-0.15, -0.1) is 0 Å². The molecule has 1 atom stereocenters.